The van der Waals surface area contributed by atoms with Gasteiger partial charge < -0.3 is 20.1 Å². The zero-order chi connectivity index (χ0) is 26.0. The summed E-state index contributed by atoms with van der Waals surface area (Å²) in [7, 11) is 0. The Kier molecular flexibility index (Phi) is 17.4. The molecule has 0 spiro atoms. The van der Waals surface area contributed by atoms with E-state index in [2.05, 4.69) is 19.1 Å². The molecule has 0 bridgehead atoms. The number of hydrogen-bond acceptors (Lipinski definition) is 4. The highest BCUT2D eigenvalue weighted by Gasteiger charge is 2.50. The van der Waals surface area contributed by atoms with E-state index in [0.717, 1.165) is 32.1 Å². The van der Waals surface area contributed by atoms with Gasteiger partial charge in [-0.25, -0.2) is 9.59 Å². The van der Waals surface area contributed by atoms with Crippen molar-refractivity contribution in [3.63, 3.8) is 0 Å². The first kappa shape index (κ1) is 32.1. The number of nitrogens with zero attached hydrogens (tertiary/aromatic N) is 1. The molecule has 0 radical (unpaired) electrons. The topological polar surface area (TPSA) is 115 Å². The number of aliphatic carboxylic acids is 3. The zero-order valence-electron chi connectivity index (χ0n) is 22.0. The van der Waals surface area contributed by atoms with Crippen LogP contribution in [0.3, 0.4) is 0 Å². The minimum absolute atomic E-state index is 0.180. The van der Waals surface area contributed by atoms with E-state index in [0.29, 0.717) is 6.42 Å². The summed E-state index contributed by atoms with van der Waals surface area (Å²) >= 11 is 0. The van der Waals surface area contributed by atoms with Gasteiger partial charge in [0.1, 0.15) is 6.04 Å². The monoisotopic (exact) mass is 483 g/mol. The molecule has 34 heavy (non-hydrogen) atoms. The van der Waals surface area contributed by atoms with Crippen LogP contribution in [0.1, 0.15) is 118 Å². The van der Waals surface area contributed by atoms with Crippen LogP contribution in [-0.2, 0) is 14.4 Å². The zero-order valence-corrected chi connectivity index (χ0v) is 22.0. The van der Waals surface area contributed by atoms with Crippen LogP contribution in [0.15, 0.2) is 12.2 Å². The Morgan fingerprint density at radius 2 is 1.06 bits per heavy atom. The van der Waals surface area contributed by atoms with Gasteiger partial charge in [-0.3, -0.25) is 4.48 Å². The van der Waals surface area contributed by atoms with Gasteiger partial charge in [-0.05, 0) is 59.3 Å². The first-order chi connectivity index (χ1) is 16.1. The maximum absolute atomic E-state index is 11.7. The molecule has 2 N–H and O–H groups in total. The molecule has 0 fully saturated rings. The van der Waals surface area contributed by atoms with E-state index in [9.17, 15) is 29.7 Å². The van der Waals surface area contributed by atoms with E-state index in [-0.39, 0.29) is 6.54 Å². The number of carboxylic acids is 3. The van der Waals surface area contributed by atoms with Crippen LogP contribution in [0.25, 0.3) is 0 Å². The summed E-state index contributed by atoms with van der Waals surface area (Å²) in [5, 5.41) is 30.8. The number of hydrogen-bond donors (Lipinski definition) is 2. The summed E-state index contributed by atoms with van der Waals surface area (Å²) in [4.78, 5) is 35.1. The van der Waals surface area contributed by atoms with Crippen LogP contribution in [0, 0.1) is 0 Å². The van der Waals surface area contributed by atoms with E-state index in [1.54, 1.807) is 0 Å². The second-order valence-electron chi connectivity index (χ2n) is 9.68. The highest BCUT2D eigenvalue weighted by atomic mass is 16.4. The Labute approximate surface area is 206 Å². The summed E-state index contributed by atoms with van der Waals surface area (Å²) in [5.74, 6) is -3.83. The largest absolute Gasteiger partial charge is 0.544 e. The molecule has 198 valence electrons. The fourth-order valence-electron chi connectivity index (χ4n) is 4.83. The SMILES string of the molecule is CCCCCCC/C=C/CCCCCCCCC[N+](C(C)C(=O)[O-])(C(C)C(=O)O)C(C)C(=O)O. The first-order valence-electron chi connectivity index (χ1n) is 13.3. The van der Waals surface area contributed by atoms with Crippen molar-refractivity contribution in [1.82, 2.24) is 0 Å². The van der Waals surface area contributed by atoms with Gasteiger partial charge in [0.05, 0.1) is 12.5 Å². The molecule has 0 aliphatic carbocycles. The van der Waals surface area contributed by atoms with Gasteiger partial charge in [0, 0.05) is 0 Å². The van der Waals surface area contributed by atoms with Crippen molar-refractivity contribution < 1.29 is 34.2 Å². The van der Waals surface area contributed by atoms with Gasteiger partial charge in [0.2, 0.25) is 0 Å². The molecule has 0 aromatic rings. The summed E-state index contributed by atoms with van der Waals surface area (Å²) < 4.78 is -0.544. The first-order valence-corrected chi connectivity index (χ1v) is 13.3. The third-order valence-corrected chi connectivity index (χ3v) is 7.28. The van der Waals surface area contributed by atoms with Crippen molar-refractivity contribution in [2.75, 3.05) is 6.54 Å². The molecule has 0 rings (SSSR count). The summed E-state index contributed by atoms with van der Waals surface area (Å²) in [6, 6.07) is -3.56. The maximum Gasteiger partial charge on any atom is 0.362 e. The van der Waals surface area contributed by atoms with Crippen molar-refractivity contribution in [2.24, 2.45) is 0 Å². The lowest BCUT2D eigenvalue weighted by Crippen LogP contribution is -2.72. The molecule has 0 saturated carbocycles. The highest BCUT2D eigenvalue weighted by Crippen LogP contribution is 2.27. The van der Waals surface area contributed by atoms with Crippen molar-refractivity contribution in [3.05, 3.63) is 12.2 Å². The van der Waals surface area contributed by atoms with E-state index in [1.807, 2.05) is 0 Å². The molecule has 7 nitrogen and oxygen atoms in total. The summed E-state index contributed by atoms with van der Waals surface area (Å²) in [6.45, 7) is 6.55. The Morgan fingerprint density at radius 3 is 1.44 bits per heavy atom. The molecule has 0 aromatic carbocycles. The van der Waals surface area contributed by atoms with Gasteiger partial charge in [-0.15, -0.1) is 0 Å². The Bertz CT molecular complexity index is 568. The van der Waals surface area contributed by atoms with Gasteiger partial charge >= 0.3 is 11.9 Å². The maximum atomic E-state index is 11.7. The molecule has 0 aliphatic heterocycles. The number of rotatable bonds is 22. The van der Waals surface area contributed by atoms with Crippen LogP contribution in [0.2, 0.25) is 0 Å². The van der Waals surface area contributed by atoms with Crippen molar-refractivity contribution in [2.45, 2.75) is 136 Å². The third-order valence-electron chi connectivity index (χ3n) is 7.28. The van der Waals surface area contributed by atoms with Gasteiger partial charge in [-0.2, -0.15) is 0 Å². The van der Waals surface area contributed by atoms with Gasteiger partial charge in [0.25, 0.3) is 0 Å². The molecular formula is C27H49NO6. The van der Waals surface area contributed by atoms with E-state index in [4.69, 9.17) is 0 Å². The summed E-state index contributed by atoms with van der Waals surface area (Å²) in [5.41, 5.74) is 0. The van der Waals surface area contributed by atoms with Crippen LogP contribution < -0.4 is 5.11 Å². The lowest BCUT2D eigenvalue weighted by atomic mass is 10.00. The number of unbranched alkanes of at least 4 members (excludes halogenated alkanes) is 12. The second-order valence-corrected chi connectivity index (χ2v) is 9.68. The third kappa shape index (κ3) is 11.5. The van der Waals surface area contributed by atoms with Crippen molar-refractivity contribution in [1.29, 1.82) is 0 Å². The molecule has 0 heterocycles. The molecule has 0 aromatic heterocycles. The quantitative estimate of drug-likeness (QED) is 0.128. The number of carboxylic acid groups (broad SMARTS) is 3. The minimum Gasteiger partial charge on any atom is -0.544 e. The van der Waals surface area contributed by atoms with Crippen LogP contribution >= 0.6 is 0 Å². The second kappa shape index (κ2) is 18.4. The fraction of sp³-hybridized carbons (Fsp3) is 0.815. The molecule has 3 atom stereocenters. The average Bonchev–Trinajstić information content (AvgIpc) is 2.80. The number of carbonyl (C=O) groups is 3. The Morgan fingerprint density at radius 1 is 0.676 bits per heavy atom. The number of carbonyl (C=O) groups excluding carboxylic acids is 1. The average molecular weight is 484 g/mol. The van der Waals surface area contributed by atoms with Gasteiger partial charge in [0.15, 0.2) is 12.1 Å². The molecule has 0 saturated heterocycles. The lowest BCUT2D eigenvalue weighted by Gasteiger charge is -2.49. The molecule has 0 aliphatic rings. The van der Waals surface area contributed by atoms with Crippen LogP contribution in [0.4, 0.5) is 0 Å². The molecule has 0 amide bonds. The van der Waals surface area contributed by atoms with E-state index < -0.39 is 40.5 Å². The molecule has 7 heteroatoms. The standard InChI is InChI=1S/C27H49NO6/c1-5-6-7-8-9-10-11-12-13-14-15-16-17-18-19-20-21-28(22(2)25(29)30,23(3)26(31)32)24(4)27(33)34/h11-12,22-24H,5-10,13-21H2,1-4H3,(H2-,29,30,31,32,33,34)/b12-11+. The predicted octanol–water partition coefficient (Wildman–Crippen LogP) is 4.93. The highest BCUT2D eigenvalue weighted by molar-refractivity contribution is 5.76. The predicted molar refractivity (Wildman–Crippen MR) is 133 cm³/mol. The Hall–Kier alpha value is -1.89. The minimum atomic E-state index is -1.42. The normalized spacial score (nSPS) is 16.1. The van der Waals surface area contributed by atoms with E-state index >= 15 is 0 Å². The van der Waals surface area contributed by atoms with Crippen LogP contribution in [-0.4, -0.2) is 57.3 Å². The molecular weight excluding hydrogens is 434 g/mol. The summed E-state index contributed by atoms with van der Waals surface area (Å²) in [6.07, 6.45) is 20.4. The van der Waals surface area contributed by atoms with E-state index in [1.165, 1.54) is 72.1 Å². The smallest absolute Gasteiger partial charge is 0.362 e. The Balaban J connectivity index is 4.37. The van der Waals surface area contributed by atoms with Gasteiger partial charge in [-0.1, -0.05) is 70.4 Å². The molecule has 3 unspecified atom stereocenters. The van der Waals surface area contributed by atoms with Crippen molar-refractivity contribution in [3.8, 4) is 0 Å². The number of allylic oxidation sites excluding steroid dienone is 2. The van der Waals surface area contributed by atoms with Crippen LogP contribution in [0.5, 0.6) is 0 Å². The number of quaternary nitrogens is 1. The van der Waals surface area contributed by atoms with Crippen molar-refractivity contribution >= 4 is 17.9 Å². The lowest BCUT2D eigenvalue weighted by molar-refractivity contribution is -0.969. The fourth-order valence-corrected chi connectivity index (χ4v) is 4.83.